The van der Waals surface area contributed by atoms with Crippen LogP contribution < -0.4 is 20.3 Å². The molecule has 12 heteroatoms. The number of hydrogen-bond donors (Lipinski definition) is 2. The predicted molar refractivity (Wildman–Crippen MR) is 170 cm³/mol. The molecule has 0 spiro atoms. The number of aryl methyl sites for hydroxylation is 1. The molecule has 240 valence electrons. The van der Waals surface area contributed by atoms with Crippen LogP contribution in [0.2, 0.25) is 0 Å². The number of rotatable bonds is 12. The number of nitrogens with zero attached hydrogens (tertiary/aromatic N) is 2. The van der Waals surface area contributed by atoms with Crippen molar-refractivity contribution in [3.05, 3.63) is 58.2 Å². The molecule has 2 heterocycles. The van der Waals surface area contributed by atoms with Gasteiger partial charge in [0.05, 0.1) is 25.3 Å². The molecule has 3 aromatic rings. The van der Waals surface area contributed by atoms with Gasteiger partial charge in [-0.05, 0) is 82.3 Å². The Labute approximate surface area is 266 Å². The number of carbonyl (C=O) groups excluding carboxylic acids is 3. The average molecular weight is 639 g/mol. The molecule has 0 bridgehead atoms. The van der Waals surface area contributed by atoms with E-state index in [2.05, 4.69) is 21.7 Å². The van der Waals surface area contributed by atoms with E-state index in [0.717, 1.165) is 46.6 Å². The molecule has 10 nitrogen and oxygen atoms in total. The van der Waals surface area contributed by atoms with E-state index in [0.29, 0.717) is 17.2 Å². The van der Waals surface area contributed by atoms with Gasteiger partial charge in [-0.3, -0.25) is 9.59 Å². The summed E-state index contributed by atoms with van der Waals surface area (Å²) in [6.45, 7) is 8.81. The Morgan fingerprint density at radius 1 is 1.09 bits per heavy atom. The minimum atomic E-state index is -0.576. The van der Waals surface area contributed by atoms with Crippen molar-refractivity contribution in [2.45, 2.75) is 59.0 Å². The minimum Gasteiger partial charge on any atom is -0.488 e. The topological polar surface area (TPSA) is 119 Å². The summed E-state index contributed by atoms with van der Waals surface area (Å²) < 4.78 is 30.4. The maximum atomic E-state index is 14.3. The van der Waals surface area contributed by atoms with Crippen molar-refractivity contribution in [3.63, 3.8) is 0 Å². The van der Waals surface area contributed by atoms with Crippen LogP contribution in [0.5, 0.6) is 5.75 Å². The number of anilines is 2. The molecule has 0 unspecified atom stereocenters. The van der Waals surface area contributed by atoms with Crippen molar-refractivity contribution in [1.29, 1.82) is 0 Å². The standard InChI is InChI=1S/C33H39FN4O6S/c1-20-29(24-8-10-26-23(19-24)11-13-38(26)30(40)22-6-7-22)37-31(45-20)36-28(39)18-21-5-9-25(34)27(17-21)43-16-15-42-14-12-35-32(41)44-33(2,3)4/h5,8-10,17,19,22H,6-7,11-16,18H2,1-4H3,(H,35,41)(H,36,37,39). The highest BCUT2D eigenvalue weighted by Gasteiger charge is 2.36. The second-order valence-electron chi connectivity index (χ2n) is 12.2. The van der Waals surface area contributed by atoms with E-state index >= 15 is 0 Å². The lowest BCUT2D eigenvalue weighted by atomic mass is 10.1. The summed E-state index contributed by atoms with van der Waals surface area (Å²) >= 11 is 1.39. The molecule has 3 amide bonds. The SMILES string of the molecule is Cc1sc(NC(=O)Cc2ccc(F)c(OCCOCCNC(=O)OC(C)(C)C)c2)nc1-c1ccc2c(c1)CCN2C(=O)C1CC1. The first kappa shape index (κ1) is 32.4. The van der Waals surface area contributed by atoms with Crippen molar-refractivity contribution in [2.75, 3.05) is 43.1 Å². The molecular formula is C33H39FN4O6S. The lowest BCUT2D eigenvalue weighted by Crippen LogP contribution is -2.34. The Bertz CT molecular complexity index is 1560. The molecule has 1 aliphatic carbocycles. The summed E-state index contributed by atoms with van der Waals surface area (Å²) in [5, 5.41) is 5.94. The average Bonchev–Trinajstić information content (AvgIpc) is 3.64. The largest absolute Gasteiger partial charge is 0.488 e. The Hall–Kier alpha value is -4.03. The maximum absolute atomic E-state index is 14.3. The zero-order valence-electron chi connectivity index (χ0n) is 26.0. The Balaban J connectivity index is 1.09. The number of thiazole rings is 1. The van der Waals surface area contributed by atoms with Gasteiger partial charge >= 0.3 is 6.09 Å². The first-order valence-electron chi connectivity index (χ1n) is 15.1. The van der Waals surface area contributed by atoms with Crippen molar-refractivity contribution >= 4 is 40.1 Å². The summed E-state index contributed by atoms with van der Waals surface area (Å²) in [6.07, 6.45) is 2.28. The van der Waals surface area contributed by atoms with Crippen molar-refractivity contribution in [2.24, 2.45) is 5.92 Å². The third-order valence-electron chi connectivity index (χ3n) is 7.24. The zero-order chi connectivity index (χ0) is 32.1. The molecule has 1 aromatic heterocycles. The Morgan fingerprint density at radius 2 is 1.89 bits per heavy atom. The molecule has 5 rings (SSSR count). The van der Waals surface area contributed by atoms with Crippen LogP contribution in [-0.2, 0) is 31.9 Å². The van der Waals surface area contributed by atoms with E-state index in [-0.39, 0.29) is 56.3 Å². The van der Waals surface area contributed by atoms with Crippen LogP contribution in [0.25, 0.3) is 11.3 Å². The van der Waals surface area contributed by atoms with Gasteiger partial charge in [-0.1, -0.05) is 12.1 Å². The van der Waals surface area contributed by atoms with E-state index in [4.69, 9.17) is 14.2 Å². The molecule has 0 saturated heterocycles. The van der Waals surface area contributed by atoms with E-state index < -0.39 is 17.5 Å². The summed E-state index contributed by atoms with van der Waals surface area (Å²) in [5.41, 5.74) is 3.88. The highest BCUT2D eigenvalue weighted by molar-refractivity contribution is 7.16. The molecule has 1 saturated carbocycles. The fourth-order valence-corrected chi connectivity index (χ4v) is 5.87. The number of ether oxygens (including phenoxy) is 3. The predicted octanol–water partition coefficient (Wildman–Crippen LogP) is 5.66. The number of alkyl carbamates (subject to hydrolysis) is 1. The van der Waals surface area contributed by atoms with Gasteiger partial charge < -0.3 is 29.7 Å². The summed E-state index contributed by atoms with van der Waals surface area (Å²) in [4.78, 5) is 44.7. The van der Waals surface area contributed by atoms with Gasteiger partial charge in [0.15, 0.2) is 16.7 Å². The minimum absolute atomic E-state index is 0.0150. The van der Waals surface area contributed by atoms with Gasteiger partial charge in [0, 0.05) is 35.1 Å². The molecule has 1 fully saturated rings. The maximum Gasteiger partial charge on any atom is 0.407 e. The second-order valence-corrected chi connectivity index (χ2v) is 13.4. The van der Waals surface area contributed by atoms with Crippen LogP contribution in [0.3, 0.4) is 0 Å². The van der Waals surface area contributed by atoms with Gasteiger partial charge in [-0.2, -0.15) is 0 Å². The second kappa shape index (κ2) is 13.9. The smallest absolute Gasteiger partial charge is 0.407 e. The number of amides is 3. The molecule has 0 radical (unpaired) electrons. The number of benzene rings is 2. The lowest BCUT2D eigenvalue weighted by molar-refractivity contribution is -0.119. The monoisotopic (exact) mass is 638 g/mol. The third-order valence-corrected chi connectivity index (χ3v) is 8.13. The molecule has 45 heavy (non-hydrogen) atoms. The van der Waals surface area contributed by atoms with Gasteiger partial charge in [-0.15, -0.1) is 11.3 Å². The quantitative estimate of drug-likeness (QED) is 0.246. The van der Waals surface area contributed by atoms with Crippen LogP contribution >= 0.6 is 11.3 Å². The Kier molecular flexibility index (Phi) is 10.0. The molecule has 2 N–H and O–H groups in total. The van der Waals surface area contributed by atoms with Gasteiger partial charge in [0.2, 0.25) is 11.8 Å². The lowest BCUT2D eigenvalue weighted by Gasteiger charge is -2.19. The highest BCUT2D eigenvalue weighted by atomic mass is 32.1. The summed E-state index contributed by atoms with van der Waals surface area (Å²) in [6, 6.07) is 10.4. The molecular weight excluding hydrogens is 599 g/mol. The van der Waals surface area contributed by atoms with Crippen LogP contribution in [0, 0.1) is 18.7 Å². The van der Waals surface area contributed by atoms with E-state index in [1.54, 1.807) is 26.8 Å². The number of nitrogens with one attached hydrogen (secondary N) is 2. The Morgan fingerprint density at radius 3 is 2.64 bits per heavy atom. The van der Waals surface area contributed by atoms with E-state index in [1.807, 2.05) is 24.0 Å². The fraction of sp³-hybridized carbons (Fsp3) is 0.455. The van der Waals surface area contributed by atoms with Gasteiger partial charge in [0.25, 0.3) is 0 Å². The first-order chi connectivity index (χ1) is 21.5. The fourth-order valence-electron chi connectivity index (χ4n) is 5.02. The number of fused-ring (bicyclic) bond motifs is 1. The van der Waals surface area contributed by atoms with Crippen LogP contribution in [-0.4, -0.2) is 61.4 Å². The number of carbonyl (C=O) groups is 3. The zero-order valence-corrected chi connectivity index (χ0v) is 26.9. The molecule has 2 aromatic carbocycles. The van der Waals surface area contributed by atoms with E-state index in [1.165, 1.54) is 23.5 Å². The molecule has 1 aliphatic heterocycles. The third kappa shape index (κ3) is 8.79. The summed E-state index contributed by atoms with van der Waals surface area (Å²) in [5.74, 6) is -0.384. The number of hydrogen-bond acceptors (Lipinski definition) is 8. The van der Waals surface area contributed by atoms with Crippen LogP contribution in [0.4, 0.5) is 20.0 Å². The first-order valence-corrected chi connectivity index (χ1v) is 16.0. The van der Waals surface area contributed by atoms with E-state index in [9.17, 15) is 18.8 Å². The molecule has 0 atom stereocenters. The van der Waals surface area contributed by atoms with Crippen molar-refractivity contribution in [1.82, 2.24) is 10.3 Å². The van der Waals surface area contributed by atoms with Crippen LogP contribution in [0.15, 0.2) is 36.4 Å². The molecule has 2 aliphatic rings. The van der Waals surface area contributed by atoms with Gasteiger partial charge in [-0.25, -0.2) is 14.2 Å². The number of aromatic nitrogens is 1. The van der Waals surface area contributed by atoms with Crippen molar-refractivity contribution in [3.8, 4) is 17.0 Å². The van der Waals surface area contributed by atoms with Crippen molar-refractivity contribution < 1.29 is 33.0 Å². The van der Waals surface area contributed by atoms with Crippen LogP contribution in [0.1, 0.15) is 49.6 Å². The highest BCUT2D eigenvalue weighted by Crippen LogP contribution is 2.39. The van der Waals surface area contributed by atoms with Gasteiger partial charge in [0.1, 0.15) is 12.2 Å². The number of halogens is 1. The normalized spacial score (nSPS) is 14.2. The summed E-state index contributed by atoms with van der Waals surface area (Å²) in [7, 11) is 0.